The minimum atomic E-state index is -3.87. The first-order valence-electron chi connectivity index (χ1n) is 5.45. The standard InChI is InChI=1S/C12H10ClNO4S2/c13-9-3-1-2-8(6-9)7-14-20(17,18)10-4-5-19-11(10)12(15)16/h1-6,14H,7H2,(H,15,16). The number of rotatable bonds is 5. The van der Waals surface area contributed by atoms with Gasteiger partial charge in [-0.05, 0) is 29.1 Å². The molecule has 1 heterocycles. The summed E-state index contributed by atoms with van der Waals surface area (Å²) < 4.78 is 26.5. The van der Waals surface area contributed by atoms with Gasteiger partial charge in [0.15, 0.2) is 0 Å². The number of hydrogen-bond donors (Lipinski definition) is 2. The number of carboxylic acid groups (broad SMARTS) is 1. The maximum absolute atomic E-state index is 12.1. The first kappa shape index (κ1) is 15.0. The van der Waals surface area contributed by atoms with E-state index in [1.165, 1.54) is 11.4 Å². The SMILES string of the molecule is O=C(O)c1sccc1S(=O)(=O)NCc1cccc(Cl)c1. The summed E-state index contributed by atoms with van der Waals surface area (Å²) in [5, 5.41) is 10.9. The van der Waals surface area contributed by atoms with Crippen LogP contribution in [0.3, 0.4) is 0 Å². The van der Waals surface area contributed by atoms with Crippen LogP contribution in [0.1, 0.15) is 15.2 Å². The molecule has 0 fully saturated rings. The lowest BCUT2D eigenvalue weighted by atomic mass is 10.2. The van der Waals surface area contributed by atoms with Gasteiger partial charge in [-0.2, -0.15) is 0 Å². The molecule has 0 saturated heterocycles. The van der Waals surface area contributed by atoms with Crippen molar-refractivity contribution in [1.82, 2.24) is 4.72 Å². The fourth-order valence-corrected chi connectivity index (χ4v) is 4.06. The molecular formula is C12H10ClNO4S2. The number of benzene rings is 1. The Balaban J connectivity index is 2.19. The second kappa shape index (κ2) is 5.92. The summed E-state index contributed by atoms with van der Waals surface area (Å²) >= 11 is 6.68. The highest BCUT2D eigenvalue weighted by Gasteiger charge is 2.23. The summed E-state index contributed by atoms with van der Waals surface area (Å²) in [4.78, 5) is 10.5. The third-order valence-corrected chi connectivity index (χ3v) is 5.18. The van der Waals surface area contributed by atoms with Crippen LogP contribution < -0.4 is 4.72 Å². The molecule has 2 aromatic rings. The van der Waals surface area contributed by atoms with E-state index in [-0.39, 0.29) is 16.3 Å². The van der Waals surface area contributed by atoms with Crippen LogP contribution in [0.2, 0.25) is 5.02 Å². The molecule has 0 bridgehead atoms. The fraction of sp³-hybridized carbons (Fsp3) is 0.0833. The van der Waals surface area contributed by atoms with Gasteiger partial charge in [0.05, 0.1) is 0 Å². The van der Waals surface area contributed by atoms with Crippen molar-refractivity contribution in [2.75, 3.05) is 0 Å². The van der Waals surface area contributed by atoms with Crippen LogP contribution in [-0.2, 0) is 16.6 Å². The molecule has 5 nitrogen and oxygen atoms in total. The Morgan fingerprint density at radius 1 is 1.35 bits per heavy atom. The molecule has 2 N–H and O–H groups in total. The van der Waals surface area contributed by atoms with E-state index in [0.29, 0.717) is 10.6 Å². The van der Waals surface area contributed by atoms with E-state index in [0.717, 1.165) is 11.3 Å². The number of carboxylic acids is 1. The van der Waals surface area contributed by atoms with Gasteiger partial charge in [-0.1, -0.05) is 23.7 Å². The molecule has 8 heteroatoms. The maximum Gasteiger partial charge on any atom is 0.347 e. The van der Waals surface area contributed by atoms with E-state index in [2.05, 4.69) is 4.72 Å². The number of thiophene rings is 1. The van der Waals surface area contributed by atoms with Gasteiger partial charge in [0.1, 0.15) is 9.77 Å². The van der Waals surface area contributed by atoms with Crippen molar-refractivity contribution in [3.63, 3.8) is 0 Å². The average Bonchev–Trinajstić information content (AvgIpc) is 2.87. The molecule has 0 saturated carbocycles. The van der Waals surface area contributed by atoms with Crippen molar-refractivity contribution in [3.05, 3.63) is 51.2 Å². The molecule has 20 heavy (non-hydrogen) atoms. The normalized spacial score (nSPS) is 11.4. The number of halogens is 1. The Hall–Kier alpha value is -1.41. The molecule has 0 atom stereocenters. The number of aromatic carboxylic acids is 1. The van der Waals surface area contributed by atoms with Crippen molar-refractivity contribution in [1.29, 1.82) is 0 Å². The summed E-state index contributed by atoms with van der Waals surface area (Å²) in [5.41, 5.74) is 0.688. The topological polar surface area (TPSA) is 83.5 Å². The molecule has 0 aliphatic heterocycles. The Morgan fingerprint density at radius 3 is 2.75 bits per heavy atom. The lowest BCUT2D eigenvalue weighted by Crippen LogP contribution is -2.24. The highest BCUT2D eigenvalue weighted by molar-refractivity contribution is 7.89. The molecule has 106 valence electrons. The smallest absolute Gasteiger partial charge is 0.347 e. The third kappa shape index (κ3) is 3.37. The Bertz CT molecular complexity index is 739. The molecule has 2 rings (SSSR count). The molecule has 0 spiro atoms. The van der Waals surface area contributed by atoms with Crippen molar-refractivity contribution in [3.8, 4) is 0 Å². The maximum atomic E-state index is 12.1. The van der Waals surface area contributed by atoms with Crippen LogP contribution in [0, 0.1) is 0 Å². The van der Waals surface area contributed by atoms with Gasteiger partial charge in [0.2, 0.25) is 10.0 Å². The van der Waals surface area contributed by atoms with E-state index in [9.17, 15) is 13.2 Å². The van der Waals surface area contributed by atoms with Gasteiger partial charge in [-0.15, -0.1) is 11.3 Å². The van der Waals surface area contributed by atoms with E-state index >= 15 is 0 Å². The van der Waals surface area contributed by atoms with Crippen LogP contribution in [0.5, 0.6) is 0 Å². The number of nitrogens with one attached hydrogen (secondary N) is 1. The van der Waals surface area contributed by atoms with Crippen LogP contribution >= 0.6 is 22.9 Å². The van der Waals surface area contributed by atoms with Crippen LogP contribution in [0.15, 0.2) is 40.6 Å². The lowest BCUT2D eigenvalue weighted by molar-refractivity contribution is 0.0698. The molecule has 0 aliphatic rings. The molecule has 0 unspecified atom stereocenters. The van der Waals surface area contributed by atoms with Crippen molar-refractivity contribution >= 4 is 38.9 Å². The van der Waals surface area contributed by atoms with E-state index in [1.54, 1.807) is 24.3 Å². The largest absolute Gasteiger partial charge is 0.477 e. The van der Waals surface area contributed by atoms with Crippen LogP contribution in [-0.4, -0.2) is 19.5 Å². The highest BCUT2D eigenvalue weighted by atomic mass is 35.5. The zero-order valence-electron chi connectivity index (χ0n) is 10.0. The minimum Gasteiger partial charge on any atom is -0.477 e. The monoisotopic (exact) mass is 331 g/mol. The number of hydrogen-bond acceptors (Lipinski definition) is 4. The Labute approximate surface area is 124 Å². The number of sulfonamides is 1. The van der Waals surface area contributed by atoms with Crippen LogP contribution in [0.25, 0.3) is 0 Å². The van der Waals surface area contributed by atoms with Crippen molar-refractivity contribution in [2.24, 2.45) is 0 Å². The summed E-state index contributed by atoms with van der Waals surface area (Å²) in [5.74, 6) is -1.26. The number of carbonyl (C=O) groups is 1. The molecule has 1 aromatic carbocycles. The summed E-state index contributed by atoms with van der Waals surface area (Å²) in [7, 11) is -3.87. The van der Waals surface area contributed by atoms with Gasteiger partial charge in [-0.25, -0.2) is 17.9 Å². The highest BCUT2D eigenvalue weighted by Crippen LogP contribution is 2.22. The zero-order chi connectivity index (χ0) is 14.8. The van der Waals surface area contributed by atoms with Gasteiger partial charge in [-0.3, -0.25) is 0 Å². The van der Waals surface area contributed by atoms with Gasteiger partial charge < -0.3 is 5.11 Å². The Kier molecular flexibility index (Phi) is 4.44. The first-order valence-corrected chi connectivity index (χ1v) is 8.19. The van der Waals surface area contributed by atoms with Crippen molar-refractivity contribution in [2.45, 2.75) is 11.4 Å². The van der Waals surface area contributed by atoms with Gasteiger partial charge >= 0.3 is 5.97 Å². The Morgan fingerprint density at radius 2 is 2.10 bits per heavy atom. The quantitative estimate of drug-likeness (QED) is 0.882. The van der Waals surface area contributed by atoms with E-state index in [4.69, 9.17) is 16.7 Å². The second-order valence-corrected chi connectivity index (χ2v) is 6.96. The predicted octanol–water partition coefficient (Wildman–Crippen LogP) is 2.58. The molecule has 0 amide bonds. The summed E-state index contributed by atoms with van der Waals surface area (Å²) in [6, 6.07) is 8.02. The van der Waals surface area contributed by atoms with Gasteiger partial charge in [0, 0.05) is 11.6 Å². The third-order valence-electron chi connectivity index (χ3n) is 2.47. The zero-order valence-corrected chi connectivity index (χ0v) is 12.4. The second-order valence-electron chi connectivity index (χ2n) is 3.87. The fourth-order valence-electron chi connectivity index (χ4n) is 1.57. The molecular weight excluding hydrogens is 322 g/mol. The van der Waals surface area contributed by atoms with Crippen LogP contribution in [0.4, 0.5) is 0 Å². The molecule has 1 aromatic heterocycles. The lowest BCUT2D eigenvalue weighted by Gasteiger charge is -2.06. The molecule has 0 radical (unpaired) electrons. The van der Waals surface area contributed by atoms with E-state index < -0.39 is 16.0 Å². The van der Waals surface area contributed by atoms with E-state index in [1.807, 2.05) is 0 Å². The predicted molar refractivity (Wildman–Crippen MR) is 76.8 cm³/mol. The van der Waals surface area contributed by atoms with Crippen molar-refractivity contribution < 1.29 is 18.3 Å². The minimum absolute atomic E-state index is 0.0395. The first-order chi connectivity index (χ1) is 9.40. The van der Waals surface area contributed by atoms with Gasteiger partial charge in [0.25, 0.3) is 0 Å². The summed E-state index contributed by atoms with van der Waals surface area (Å²) in [6.45, 7) is 0.0395. The molecule has 0 aliphatic carbocycles. The summed E-state index contributed by atoms with van der Waals surface area (Å²) in [6.07, 6.45) is 0. The average molecular weight is 332 g/mol.